The van der Waals surface area contributed by atoms with E-state index in [9.17, 15) is 4.79 Å². The number of nitrogens with one attached hydrogen (secondary N) is 1. The number of furan rings is 1. The van der Waals surface area contributed by atoms with Gasteiger partial charge >= 0.3 is 0 Å². The average Bonchev–Trinajstić information content (AvgIpc) is 3.31. The molecule has 1 aliphatic rings. The molecule has 0 bridgehead atoms. The topological polar surface area (TPSA) is 58.4 Å². The number of benzene rings is 1. The van der Waals surface area contributed by atoms with Crippen molar-refractivity contribution < 1.29 is 9.21 Å². The normalized spacial score (nSPS) is 15.5. The third-order valence-corrected chi connectivity index (χ3v) is 4.67. The van der Waals surface area contributed by atoms with Crippen molar-refractivity contribution in [1.29, 1.82) is 0 Å². The van der Waals surface area contributed by atoms with Crippen molar-refractivity contribution in [3.63, 3.8) is 0 Å². The maximum Gasteiger partial charge on any atom is 0.270 e. The van der Waals surface area contributed by atoms with E-state index in [1.807, 2.05) is 49.4 Å². The molecule has 3 aromatic rings. The van der Waals surface area contributed by atoms with Gasteiger partial charge in [0.1, 0.15) is 17.0 Å². The van der Waals surface area contributed by atoms with E-state index in [4.69, 9.17) is 4.42 Å². The van der Waals surface area contributed by atoms with Gasteiger partial charge in [0.2, 0.25) is 0 Å². The van der Waals surface area contributed by atoms with Crippen LogP contribution < -0.4 is 10.2 Å². The second-order valence-electron chi connectivity index (χ2n) is 6.48. The zero-order valence-corrected chi connectivity index (χ0v) is 14.2. The third kappa shape index (κ3) is 3.22. The van der Waals surface area contributed by atoms with Crippen LogP contribution in [0.4, 0.5) is 5.69 Å². The van der Waals surface area contributed by atoms with Crippen LogP contribution in [0.1, 0.15) is 42.1 Å². The molecule has 128 valence electrons. The van der Waals surface area contributed by atoms with E-state index in [0.29, 0.717) is 5.69 Å². The summed E-state index contributed by atoms with van der Waals surface area (Å²) in [7, 11) is 0. The highest BCUT2D eigenvalue weighted by atomic mass is 16.3. The molecular weight excluding hydrogens is 314 g/mol. The SMILES string of the molecule is CC(NC(=O)c1cc(N2CCCC2)ccn1)c1cc2ccccc2o1. The van der Waals surface area contributed by atoms with Crippen molar-refractivity contribution >= 4 is 22.6 Å². The number of hydrogen-bond acceptors (Lipinski definition) is 4. The largest absolute Gasteiger partial charge is 0.459 e. The molecule has 1 N–H and O–H groups in total. The molecule has 1 amide bonds. The van der Waals surface area contributed by atoms with Crippen LogP contribution in [-0.4, -0.2) is 24.0 Å². The fourth-order valence-corrected chi connectivity index (χ4v) is 3.27. The standard InChI is InChI=1S/C20H21N3O2/c1-14(19-12-15-6-2-3-7-18(15)25-19)22-20(24)17-13-16(8-9-21-17)23-10-4-5-11-23/h2-3,6-9,12-14H,4-5,10-11H2,1H3,(H,22,24). The number of aromatic nitrogens is 1. The van der Waals surface area contributed by atoms with Crippen LogP contribution in [0.15, 0.2) is 53.1 Å². The number of carbonyl (C=O) groups excluding carboxylic acids is 1. The lowest BCUT2D eigenvalue weighted by molar-refractivity contribution is 0.0930. The number of rotatable bonds is 4. The summed E-state index contributed by atoms with van der Waals surface area (Å²) in [6, 6.07) is 13.4. The molecule has 25 heavy (non-hydrogen) atoms. The zero-order valence-electron chi connectivity index (χ0n) is 14.2. The Bertz CT molecular complexity index is 864. The number of para-hydroxylation sites is 1. The van der Waals surface area contributed by atoms with Gasteiger partial charge in [0.15, 0.2) is 0 Å². The summed E-state index contributed by atoms with van der Waals surface area (Å²) < 4.78 is 5.83. The Morgan fingerprint density at radius 1 is 1.20 bits per heavy atom. The monoisotopic (exact) mass is 335 g/mol. The van der Waals surface area contributed by atoms with E-state index in [1.54, 1.807) is 6.20 Å². The molecule has 1 unspecified atom stereocenters. The quantitative estimate of drug-likeness (QED) is 0.785. The highest BCUT2D eigenvalue weighted by molar-refractivity contribution is 5.93. The summed E-state index contributed by atoms with van der Waals surface area (Å²) >= 11 is 0. The maximum absolute atomic E-state index is 12.6. The summed E-state index contributed by atoms with van der Waals surface area (Å²) in [4.78, 5) is 19.1. The number of hydrogen-bond donors (Lipinski definition) is 1. The van der Waals surface area contributed by atoms with E-state index >= 15 is 0 Å². The van der Waals surface area contributed by atoms with E-state index < -0.39 is 0 Å². The first-order chi connectivity index (χ1) is 12.2. The summed E-state index contributed by atoms with van der Waals surface area (Å²) in [5, 5.41) is 4.01. The van der Waals surface area contributed by atoms with Gasteiger partial charge in [-0.05, 0) is 44.0 Å². The molecule has 0 aliphatic carbocycles. The van der Waals surface area contributed by atoms with Gasteiger partial charge in [0, 0.05) is 30.4 Å². The van der Waals surface area contributed by atoms with Gasteiger partial charge in [-0.25, -0.2) is 0 Å². The number of anilines is 1. The summed E-state index contributed by atoms with van der Waals surface area (Å²) in [6.45, 7) is 4.00. The second kappa shape index (κ2) is 6.59. The van der Waals surface area contributed by atoms with Crippen molar-refractivity contribution in [3.05, 3.63) is 60.1 Å². The van der Waals surface area contributed by atoms with Crippen LogP contribution in [0, 0.1) is 0 Å². The Hall–Kier alpha value is -2.82. The molecule has 1 saturated heterocycles. The van der Waals surface area contributed by atoms with Crippen LogP contribution in [0.2, 0.25) is 0 Å². The Balaban J connectivity index is 1.50. The number of carbonyl (C=O) groups is 1. The van der Waals surface area contributed by atoms with Gasteiger partial charge in [-0.2, -0.15) is 0 Å². The first-order valence-electron chi connectivity index (χ1n) is 8.71. The Labute approximate surface area is 146 Å². The molecule has 2 aromatic heterocycles. The van der Waals surface area contributed by atoms with Crippen molar-refractivity contribution in [2.45, 2.75) is 25.8 Å². The van der Waals surface area contributed by atoms with Gasteiger partial charge in [-0.3, -0.25) is 9.78 Å². The van der Waals surface area contributed by atoms with Crippen molar-refractivity contribution in [2.24, 2.45) is 0 Å². The molecule has 1 atom stereocenters. The van der Waals surface area contributed by atoms with Gasteiger partial charge in [-0.1, -0.05) is 18.2 Å². The lowest BCUT2D eigenvalue weighted by atomic mass is 10.2. The first-order valence-corrected chi connectivity index (χ1v) is 8.71. The van der Waals surface area contributed by atoms with Crippen molar-refractivity contribution in [3.8, 4) is 0 Å². The van der Waals surface area contributed by atoms with Crippen molar-refractivity contribution in [1.82, 2.24) is 10.3 Å². The fourth-order valence-electron chi connectivity index (χ4n) is 3.27. The van der Waals surface area contributed by atoms with E-state index in [1.165, 1.54) is 12.8 Å². The molecule has 5 nitrogen and oxygen atoms in total. The number of nitrogens with zero attached hydrogens (tertiary/aromatic N) is 2. The summed E-state index contributed by atoms with van der Waals surface area (Å²) in [5.41, 5.74) is 2.33. The molecule has 0 saturated carbocycles. The van der Waals surface area contributed by atoms with E-state index in [-0.39, 0.29) is 11.9 Å². The van der Waals surface area contributed by atoms with Crippen molar-refractivity contribution in [2.75, 3.05) is 18.0 Å². The van der Waals surface area contributed by atoms with Crippen LogP contribution in [-0.2, 0) is 0 Å². The van der Waals surface area contributed by atoms with E-state index in [2.05, 4.69) is 15.2 Å². The minimum Gasteiger partial charge on any atom is -0.459 e. The summed E-state index contributed by atoms with van der Waals surface area (Å²) in [5.74, 6) is 0.555. The minimum atomic E-state index is -0.225. The minimum absolute atomic E-state index is 0.186. The van der Waals surface area contributed by atoms with Gasteiger partial charge in [0.25, 0.3) is 5.91 Å². The number of amides is 1. The molecule has 5 heteroatoms. The highest BCUT2D eigenvalue weighted by Crippen LogP contribution is 2.24. The van der Waals surface area contributed by atoms with Gasteiger partial charge in [0.05, 0.1) is 6.04 Å². The Morgan fingerprint density at radius 2 is 2.00 bits per heavy atom. The predicted molar refractivity (Wildman–Crippen MR) is 97.8 cm³/mol. The molecule has 3 heterocycles. The molecule has 4 rings (SSSR count). The first kappa shape index (κ1) is 15.7. The molecule has 0 spiro atoms. The Kier molecular flexibility index (Phi) is 4.14. The molecular formula is C20H21N3O2. The van der Waals surface area contributed by atoms with Crippen LogP contribution >= 0.6 is 0 Å². The number of pyridine rings is 1. The van der Waals surface area contributed by atoms with Crippen LogP contribution in [0.25, 0.3) is 11.0 Å². The van der Waals surface area contributed by atoms with E-state index in [0.717, 1.165) is 35.5 Å². The summed E-state index contributed by atoms with van der Waals surface area (Å²) in [6.07, 6.45) is 4.11. The van der Waals surface area contributed by atoms with Gasteiger partial charge < -0.3 is 14.6 Å². The van der Waals surface area contributed by atoms with Gasteiger partial charge in [-0.15, -0.1) is 0 Å². The lowest BCUT2D eigenvalue weighted by Gasteiger charge is -2.18. The molecule has 0 radical (unpaired) electrons. The fraction of sp³-hybridized carbons (Fsp3) is 0.300. The van der Waals surface area contributed by atoms with Crippen LogP contribution in [0.5, 0.6) is 0 Å². The molecule has 1 aromatic carbocycles. The maximum atomic E-state index is 12.6. The third-order valence-electron chi connectivity index (χ3n) is 4.67. The predicted octanol–water partition coefficient (Wildman–Crippen LogP) is 3.92. The highest BCUT2D eigenvalue weighted by Gasteiger charge is 2.18. The average molecular weight is 335 g/mol. The molecule has 1 aliphatic heterocycles. The zero-order chi connectivity index (χ0) is 17.2. The smallest absolute Gasteiger partial charge is 0.270 e. The Morgan fingerprint density at radius 3 is 2.80 bits per heavy atom. The lowest BCUT2D eigenvalue weighted by Crippen LogP contribution is -2.27. The second-order valence-corrected chi connectivity index (χ2v) is 6.48. The molecule has 1 fully saturated rings. The number of fused-ring (bicyclic) bond motifs is 1. The van der Waals surface area contributed by atoms with Crippen LogP contribution in [0.3, 0.4) is 0 Å².